The number of phosphoric ester groups is 2. The quantitative estimate of drug-likeness (QED) is 0.0222. The number of carbonyl (C=O) groups excluding carboxylic acids is 4. The smallest absolute Gasteiger partial charge is 0.462 e. The highest BCUT2D eigenvalue weighted by molar-refractivity contribution is 7.47. The molecule has 6 atom stereocenters. The van der Waals surface area contributed by atoms with Gasteiger partial charge in [-0.3, -0.25) is 37.3 Å². The van der Waals surface area contributed by atoms with Gasteiger partial charge in [-0.05, 0) is 49.4 Å². The summed E-state index contributed by atoms with van der Waals surface area (Å²) in [6.45, 7) is 14.3. The molecule has 0 bridgehead atoms. The van der Waals surface area contributed by atoms with Crippen molar-refractivity contribution < 1.29 is 80.2 Å². The molecule has 102 heavy (non-hydrogen) atoms. The van der Waals surface area contributed by atoms with Gasteiger partial charge in [-0.15, -0.1) is 0 Å². The van der Waals surface area contributed by atoms with Crippen LogP contribution >= 0.6 is 15.6 Å². The maximum Gasteiger partial charge on any atom is 0.472 e. The molecule has 0 aromatic carbocycles. The summed E-state index contributed by atoms with van der Waals surface area (Å²) in [6.07, 6.45) is 59.9. The molecule has 0 saturated carbocycles. The van der Waals surface area contributed by atoms with Crippen molar-refractivity contribution in [2.45, 2.75) is 446 Å². The fraction of sp³-hybridized carbons (Fsp3) is 0.952. The van der Waals surface area contributed by atoms with E-state index in [0.717, 1.165) is 114 Å². The van der Waals surface area contributed by atoms with Crippen LogP contribution in [0.1, 0.15) is 428 Å². The number of unbranched alkanes of at least 4 members (excludes halogenated alkanes) is 45. The van der Waals surface area contributed by atoms with Crippen LogP contribution in [-0.4, -0.2) is 96.7 Å². The number of phosphoric acid groups is 2. The summed E-state index contributed by atoms with van der Waals surface area (Å²) in [5, 5.41) is 10.6. The molecule has 19 heteroatoms. The monoisotopic (exact) mass is 1490 g/mol. The van der Waals surface area contributed by atoms with Gasteiger partial charge in [0.15, 0.2) is 12.2 Å². The highest BCUT2D eigenvalue weighted by Crippen LogP contribution is 2.45. The Balaban J connectivity index is 5.20. The van der Waals surface area contributed by atoms with Crippen molar-refractivity contribution in [1.29, 1.82) is 0 Å². The van der Waals surface area contributed by atoms with Gasteiger partial charge in [-0.2, -0.15) is 0 Å². The molecule has 0 radical (unpaired) electrons. The summed E-state index contributed by atoms with van der Waals surface area (Å²) < 4.78 is 68.7. The largest absolute Gasteiger partial charge is 0.472 e. The SMILES string of the molecule is CCC(C)CCCCCCCCCCCCCCCCCCCCC(=O)OC[C@H](COP(=O)(O)OCC(O)COP(=O)(O)OC[C@@H](COC(=O)CCCCCCCCCC(C)C)OC(=O)CCCCCCCCCCCC(C)C)OC(=O)CCCCCCCCCCCCCCCCCC(C)C. The number of esters is 4. The first-order valence-corrected chi connectivity index (χ1v) is 45.7. The normalized spacial score (nSPS) is 14.3. The van der Waals surface area contributed by atoms with E-state index in [1.165, 1.54) is 225 Å². The molecule has 0 rings (SSSR count). The van der Waals surface area contributed by atoms with E-state index in [1.54, 1.807) is 0 Å². The number of aliphatic hydroxyl groups excluding tert-OH is 1. The zero-order valence-electron chi connectivity index (χ0n) is 67.2. The molecule has 0 heterocycles. The molecule has 0 saturated heterocycles. The van der Waals surface area contributed by atoms with E-state index >= 15 is 0 Å². The van der Waals surface area contributed by atoms with Crippen molar-refractivity contribution in [1.82, 2.24) is 0 Å². The van der Waals surface area contributed by atoms with Crippen molar-refractivity contribution in [3.63, 3.8) is 0 Å². The molecular weight excluding hydrogens is 1330 g/mol. The summed E-state index contributed by atoms with van der Waals surface area (Å²) in [5.74, 6) is 1.00. The van der Waals surface area contributed by atoms with Gasteiger partial charge in [0.2, 0.25) is 0 Å². The lowest BCUT2D eigenvalue weighted by Gasteiger charge is -2.21. The Morgan fingerprint density at radius 2 is 0.471 bits per heavy atom. The van der Waals surface area contributed by atoms with Crippen molar-refractivity contribution in [3.8, 4) is 0 Å². The zero-order valence-corrected chi connectivity index (χ0v) is 69.0. The third-order valence-corrected chi connectivity index (χ3v) is 21.6. The fourth-order valence-corrected chi connectivity index (χ4v) is 14.3. The molecule has 3 N–H and O–H groups in total. The number of ether oxygens (including phenoxy) is 4. The van der Waals surface area contributed by atoms with Gasteiger partial charge in [0.1, 0.15) is 19.3 Å². The van der Waals surface area contributed by atoms with E-state index < -0.39 is 97.5 Å². The second-order valence-corrected chi connectivity index (χ2v) is 34.4. The predicted molar refractivity (Wildman–Crippen MR) is 418 cm³/mol. The topological polar surface area (TPSA) is 237 Å². The van der Waals surface area contributed by atoms with Gasteiger partial charge in [0.25, 0.3) is 0 Å². The minimum absolute atomic E-state index is 0.104. The molecule has 0 spiro atoms. The summed E-state index contributed by atoms with van der Waals surface area (Å²) in [7, 11) is -9.92. The lowest BCUT2D eigenvalue weighted by atomic mass is 9.99. The van der Waals surface area contributed by atoms with Crippen LogP contribution in [0, 0.1) is 23.7 Å². The minimum atomic E-state index is -4.96. The van der Waals surface area contributed by atoms with Crippen molar-refractivity contribution in [2.75, 3.05) is 39.6 Å². The minimum Gasteiger partial charge on any atom is -0.462 e. The molecule has 0 aliphatic rings. The Kier molecular flexibility index (Phi) is 70.6. The first-order chi connectivity index (χ1) is 49.1. The Morgan fingerprint density at radius 1 is 0.275 bits per heavy atom. The Morgan fingerprint density at radius 3 is 0.696 bits per heavy atom. The van der Waals surface area contributed by atoms with Crippen LogP contribution in [0.25, 0.3) is 0 Å². The molecule has 606 valence electrons. The maximum atomic E-state index is 13.1. The summed E-state index contributed by atoms with van der Waals surface area (Å²) in [4.78, 5) is 73.0. The van der Waals surface area contributed by atoms with Crippen LogP contribution < -0.4 is 0 Å². The summed E-state index contributed by atoms with van der Waals surface area (Å²) >= 11 is 0. The number of aliphatic hydroxyl groups is 1. The third kappa shape index (κ3) is 74.9. The molecule has 0 aliphatic heterocycles. The van der Waals surface area contributed by atoms with Gasteiger partial charge in [0.05, 0.1) is 26.4 Å². The summed E-state index contributed by atoms with van der Waals surface area (Å²) in [5.41, 5.74) is 0. The van der Waals surface area contributed by atoms with E-state index in [4.69, 9.17) is 37.0 Å². The Hall–Kier alpha value is -1.94. The van der Waals surface area contributed by atoms with Crippen molar-refractivity contribution >= 4 is 39.5 Å². The van der Waals surface area contributed by atoms with E-state index in [1.807, 2.05) is 0 Å². The number of rotatable bonds is 80. The van der Waals surface area contributed by atoms with Gasteiger partial charge in [-0.1, -0.05) is 376 Å². The van der Waals surface area contributed by atoms with Crippen LogP contribution in [-0.2, 0) is 65.4 Å². The summed E-state index contributed by atoms with van der Waals surface area (Å²) in [6, 6.07) is 0. The first kappa shape index (κ1) is 100. The van der Waals surface area contributed by atoms with Crippen LogP contribution in [0.2, 0.25) is 0 Å². The predicted octanol–water partition coefficient (Wildman–Crippen LogP) is 24.8. The van der Waals surface area contributed by atoms with Crippen molar-refractivity contribution in [2.24, 2.45) is 23.7 Å². The van der Waals surface area contributed by atoms with E-state index in [9.17, 15) is 43.2 Å². The van der Waals surface area contributed by atoms with Crippen LogP contribution in [0.5, 0.6) is 0 Å². The third-order valence-electron chi connectivity index (χ3n) is 19.7. The Bertz CT molecular complexity index is 1990. The molecular formula is C83H162O17P2. The Labute approximate surface area is 626 Å². The van der Waals surface area contributed by atoms with Gasteiger partial charge in [-0.25, -0.2) is 9.13 Å². The first-order valence-electron chi connectivity index (χ1n) is 42.7. The van der Waals surface area contributed by atoms with Crippen molar-refractivity contribution in [3.05, 3.63) is 0 Å². The zero-order chi connectivity index (χ0) is 75.3. The highest BCUT2D eigenvalue weighted by atomic mass is 31.2. The van der Waals surface area contributed by atoms with Crippen LogP contribution in [0.15, 0.2) is 0 Å². The molecule has 0 aromatic rings. The second-order valence-electron chi connectivity index (χ2n) is 31.5. The molecule has 4 unspecified atom stereocenters. The molecule has 0 aromatic heterocycles. The average Bonchev–Trinajstić information content (AvgIpc) is 0.910. The molecule has 0 aliphatic carbocycles. The van der Waals surface area contributed by atoms with Crippen LogP contribution in [0.3, 0.4) is 0 Å². The van der Waals surface area contributed by atoms with Gasteiger partial charge < -0.3 is 33.8 Å². The number of carbonyl (C=O) groups is 4. The number of hydrogen-bond donors (Lipinski definition) is 3. The lowest BCUT2D eigenvalue weighted by molar-refractivity contribution is -0.161. The van der Waals surface area contributed by atoms with Crippen LogP contribution in [0.4, 0.5) is 0 Å². The average molecular weight is 1490 g/mol. The van der Waals surface area contributed by atoms with E-state index in [-0.39, 0.29) is 25.7 Å². The number of hydrogen-bond acceptors (Lipinski definition) is 15. The lowest BCUT2D eigenvalue weighted by Crippen LogP contribution is -2.30. The highest BCUT2D eigenvalue weighted by Gasteiger charge is 2.30. The van der Waals surface area contributed by atoms with Gasteiger partial charge >= 0.3 is 39.5 Å². The molecule has 0 fully saturated rings. The van der Waals surface area contributed by atoms with E-state index in [0.29, 0.717) is 31.6 Å². The van der Waals surface area contributed by atoms with Gasteiger partial charge in [0, 0.05) is 25.7 Å². The fourth-order valence-electron chi connectivity index (χ4n) is 12.8. The standard InChI is InChI=1S/C83H162O17P2/c1-9-76(8)62-54-46-38-30-24-20-16-12-10-11-13-17-21-25-31-39-47-55-63-80(85)93-69-78(99-82(87)65-57-49-40-32-26-22-18-14-15-19-23-28-35-43-51-59-73(2)3)71-97-101(89,90)95-67-77(84)68-96-102(91,92)98-72-79(70-94-81(86)64-56-48-42-34-37-45-53-61-75(6)7)100-83(88)66-58-50-41-33-27-29-36-44-52-60-74(4)5/h73-79,84H,9-72H2,1-8H3,(H,89,90)(H,91,92)/t76?,77?,78-,79-/m1/s1. The van der Waals surface area contributed by atoms with E-state index in [2.05, 4.69) is 55.4 Å². The second kappa shape index (κ2) is 72.0. The molecule has 0 amide bonds. The maximum absolute atomic E-state index is 13.1. The molecule has 17 nitrogen and oxygen atoms in total.